The van der Waals surface area contributed by atoms with E-state index in [2.05, 4.69) is 30.0 Å². The third kappa shape index (κ3) is 4.63. The Labute approximate surface area is 184 Å². The second-order valence-electron chi connectivity index (χ2n) is 7.85. The van der Waals surface area contributed by atoms with Crippen LogP contribution in [0.4, 0.5) is 5.82 Å². The Morgan fingerprint density at radius 2 is 1.91 bits per heavy atom. The van der Waals surface area contributed by atoms with Gasteiger partial charge in [-0.25, -0.2) is 24.7 Å². The Hall–Kier alpha value is -3.69. The number of rotatable bonds is 6. The first-order valence-corrected chi connectivity index (χ1v) is 10.6. The minimum Gasteiger partial charge on any atom is -0.465 e. The van der Waals surface area contributed by atoms with Crippen LogP contribution in [0.1, 0.15) is 54.9 Å². The minimum atomic E-state index is -0.772. The molecule has 0 bridgehead atoms. The zero-order valence-corrected chi connectivity index (χ0v) is 17.7. The highest BCUT2D eigenvalue weighted by Crippen LogP contribution is 2.31. The molecular weight excluding hydrogens is 412 g/mol. The van der Waals surface area contributed by atoms with Crippen LogP contribution in [0.2, 0.25) is 0 Å². The molecule has 0 saturated heterocycles. The molecule has 0 radical (unpaired) electrons. The summed E-state index contributed by atoms with van der Waals surface area (Å²) in [6.45, 7) is 0. The number of fused-ring (bicyclic) bond motifs is 1. The maximum atomic E-state index is 13.3. The molecule has 1 unspecified atom stereocenters. The number of pyridine rings is 1. The van der Waals surface area contributed by atoms with Crippen molar-refractivity contribution in [3.05, 3.63) is 53.0 Å². The van der Waals surface area contributed by atoms with Crippen LogP contribution < -0.4 is 10.9 Å². The number of esters is 1. The fraction of sp³-hybridized carbons (Fsp3) is 0.409. The Kier molecular flexibility index (Phi) is 6.48. The number of methoxy groups -OCH3 is 1. The molecule has 0 spiro atoms. The third-order valence-corrected chi connectivity index (χ3v) is 5.78. The lowest BCUT2D eigenvalue weighted by Crippen LogP contribution is -2.35. The van der Waals surface area contributed by atoms with Gasteiger partial charge < -0.3 is 10.1 Å². The molecule has 1 amide bonds. The molecule has 1 aliphatic rings. The fourth-order valence-corrected chi connectivity index (χ4v) is 4.09. The van der Waals surface area contributed by atoms with E-state index in [1.165, 1.54) is 55.1 Å². The maximum absolute atomic E-state index is 13.3. The Morgan fingerprint density at radius 1 is 1.12 bits per heavy atom. The van der Waals surface area contributed by atoms with Gasteiger partial charge in [-0.2, -0.15) is 0 Å². The number of amides is 1. The van der Waals surface area contributed by atoms with E-state index in [0.717, 1.165) is 25.7 Å². The number of hydrogen-bond donors (Lipinski definition) is 1. The van der Waals surface area contributed by atoms with Gasteiger partial charge in [0.05, 0.1) is 12.7 Å². The highest BCUT2D eigenvalue weighted by Gasteiger charge is 2.28. The van der Waals surface area contributed by atoms with Crippen molar-refractivity contribution in [1.29, 1.82) is 0 Å². The van der Waals surface area contributed by atoms with Crippen LogP contribution in [0.5, 0.6) is 0 Å². The maximum Gasteiger partial charge on any atom is 0.339 e. The summed E-state index contributed by atoms with van der Waals surface area (Å²) in [4.78, 5) is 54.5. The van der Waals surface area contributed by atoms with Crippen molar-refractivity contribution < 1.29 is 14.3 Å². The van der Waals surface area contributed by atoms with Crippen LogP contribution in [-0.4, -0.2) is 43.5 Å². The quantitative estimate of drug-likeness (QED) is 0.584. The van der Waals surface area contributed by atoms with Crippen molar-refractivity contribution in [2.75, 3.05) is 12.4 Å². The number of anilines is 1. The SMILES string of the molecule is COC(=O)c1ccc(NC(=O)C(CC2CCCCC2)n2cnc3nccnc3c2=O)nc1. The molecule has 1 saturated carbocycles. The molecule has 3 aromatic rings. The molecule has 0 aromatic carbocycles. The molecule has 1 atom stereocenters. The summed E-state index contributed by atoms with van der Waals surface area (Å²) in [5, 5.41) is 2.76. The first kappa shape index (κ1) is 21.5. The first-order valence-electron chi connectivity index (χ1n) is 10.6. The number of carbonyl (C=O) groups is 2. The van der Waals surface area contributed by atoms with E-state index in [1.54, 1.807) is 0 Å². The molecule has 10 nitrogen and oxygen atoms in total. The van der Waals surface area contributed by atoms with Crippen LogP contribution in [0.15, 0.2) is 41.8 Å². The van der Waals surface area contributed by atoms with Crippen molar-refractivity contribution in [1.82, 2.24) is 24.5 Å². The minimum absolute atomic E-state index is 0.122. The standard InChI is InChI=1S/C22H24N6O4/c1-32-22(31)15-7-8-17(25-12-15)27-20(29)16(11-14-5-3-2-4-6-14)28-13-26-19-18(21(28)30)23-9-10-24-19/h7-10,12-14,16H,2-6,11H2,1H3,(H,25,27,29). The monoisotopic (exact) mass is 436 g/mol. The van der Waals surface area contributed by atoms with E-state index in [4.69, 9.17) is 0 Å². The predicted octanol–water partition coefficient (Wildman–Crippen LogP) is 2.52. The molecule has 0 aliphatic heterocycles. The summed E-state index contributed by atoms with van der Waals surface area (Å²) in [5.41, 5.74) is 0.230. The lowest BCUT2D eigenvalue weighted by molar-refractivity contribution is -0.120. The van der Waals surface area contributed by atoms with Crippen LogP contribution >= 0.6 is 0 Å². The summed E-state index contributed by atoms with van der Waals surface area (Å²) < 4.78 is 6.00. The van der Waals surface area contributed by atoms with Crippen LogP contribution in [0.3, 0.4) is 0 Å². The van der Waals surface area contributed by atoms with Gasteiger partial charge in [0.1, 0.15) is 18.2 Å². The van der Waals surface area contributed by atoms with E-state index in [9.17, 15) is 14.4 Å². The molecule has 166 valence electrons. The van der Waals surface area contributed by atoms with E-state index >= 15 is 0 Å². The smallest absolute Gasteiger partial charge is 0.339 e. The fourth-order valence-electron chi connectivity index (χ4n) is 4.09. The van der Waals surface area contributed by atoms with Crippen LogP contribution in [0, 0.1) is 5.92 Å². The second-order valence-corrected chi connectivity index (χ2v) is 7.85. The van der Waals surface area contributed by atoms with E-state index < -0.39 is 17.6 Å². The first-order chi connectivity index (χ1) is 15.6. The average Bonchev–Trinajstić information content (AvgIpc) is 2.84. The van der Waals surface area contributed by atoms with Gasteiger partial charge >= 0.3 is 5.97 Å². The van der Waals surface area contributed by atoms with Crippen LogP contribution in [-0.2, 0) is 9.53 Å². The zero-order chi connectivity index (χ0) is 22.5. The summed E-state index contributed by atoms with van der Waals surface area (Å²) >= 11 is 0. The van der Waals surface area contributed by atoms with Crippen molar-refractivity contribution in [3.63, 3.8) is 0 Å². The number of aromatic nitrogens is 5. The molecule has 4 rings (SSSR count). The van der Waals surface area contributed by atoms with Crippen molar-refractivity contribution in [2.45, 2.75) is 44.6 Å². The molecule has 32 heavy (non-hydrogen) atoms. The van der Waals surface area contributed by atoms with Gasteiger partial charge in [-0.05, 0) is 24.5 Å². The molecule has 1 N–H and O–H groups in total. The van der Waals surface area contributed by atoms with Gasteiger partial charge in [0.25, 0.3) is 5.56 Å². The largest absolute Gasteiger partial charge is 0.465 e. The number of carbonyl (C=O) groups excluding carboxylic acids is 2. The molecule has 3 aromatic heterocycles. The molecule has 10 heteroatoms. The lowest BCUT2D eigenvalue weighted by atomic mass is 9.84. The Balaban J connectivity index is 1.63. The Bertz CT molecular complexity index is 1170. The van der Waals surface area contributed by atoms with Gasteiger partial charge in [-0.3, -0.25) is 14.2 Å². The molecular formula is C22H24N6O4. The normalized spacial score (nSPS) is 15.3. The van der Waals surface area contributed by atoms with Gasteiger partial charge in [-0.15, -0.1) is 0 Å². The van der Waals surface area contributed by atoms with Crippen LogP contribution in [0.25, 0.3) is 11.2 Å². The molecule has 1 aliphatic carbocycles. The van der Waals surface area contributed by atoms with Gasteiger partial charge in [-0.1, -0.05) is 32.1 Å². The highest BCUT2D eigenvalue weighted by molar-refractivity contribution is 5.94. The highest BCUT2D eigenvalue weighted by atomic mass is 16.5. The van der Waals surface area contributed by atoms with Gasteiger partial charge in [0.2, 0.25) is 5.91 Å². The summed E-state index contributed by atoms with van der Waals surface area (Å²) in [6.07, 6.45) is 11.6. The number of ether oxygens (including phenoxy) is 1. The second kappa shape index (κ2) is 9.63. The number of nitrogens with zero attached hydrogens (tertiary/aromatic N) is 5. The zero-order valence-electron chi connectivity index (χ0n) is 17.7. The topological polar surface area (TPSA) is 129 Å². The average molecular weight is 436 g/mol. The Morgan fingerprint density at radius 3 is 2.62 bits per heavy atom. The third-order valence-electron chi connectivity index (χ3n) is 5.78. The van der Waals surface area contributed by atoms with E-state index in [0.29, 0.717) is 12.3 Å². The summed E-state index contributed by atoms with van der Waals surface area (Å²) in [7, 11) is 1.29. The van der Waals surface area contributed by atoms with Gasteiger partial charge in [0, 0.05) is 18.6 Å². The number of hydrogen-bond acceptors (Lipinski definition) is 8. The van der Waals surface area contributed by atoms with E-state index in [-0.39, 0.29) is 28.5 Å². The van der Waals surface area contributed by atoms with Crippen molar-refractivity contribution in [2.24, 2.45) is 5.92 Å². The summed E-state index contributed by atoms with van der Waals surface area (Å²) in [5.74, 6) is -0.280. The van der Waals surface area contributed by atoms with E-state index in [1.807, 2.05) is 0 Å². The van der Waals surface area contributed by atoms with Crippen molar-refractivity contribution >= 4 is 28.9 Å². The van der Waals surface area contributed by atoms with Gasteiger partial charge in [0.15, 0.2) is 11.2 Å². The predicted molar refractivity (Wildman–Crippen MR) is 116 cm³/mol. The number of nitrogens with one attached hydrogen (secondary N) is 1. The molecule has 1 fully saturated rings. The lowest BCUT2D eigenvalue weighted by Gasteiger charge is -2.27. The molecule has 3 heterocycles. The van der Waals surface area contributed by atoms with Crippen molar-refractivity contribution in [3.8, 4) is 0 Å². The summed E-state index contributed by atoms with van der Waals surface area (Å²) in [6, 6.07) is 2.27.